The van der Waals surface area contributed by atoms with Gasteiger partial charge in [-0.25, -0.2) is 5.43 Å². The summed E-state index contributed by atoms with van der Waals surface area (Å²) in [5.41, 5.74) is 5.06. The highest BCUT2D eigenvalue weighted by Crippen LogP contribution is 2.66. The molecule has 0 aliphatic heterocycles. The normalized spacial score (nSPS) is 24.7. The molecule has 2 fully saturated rings. The molecule has 3 aromatic carbocycles. The zero-order valence-corrected chi connectivity index (χ0v) is 17.9. The second-order valence-corrected chi connectivity index (χ2v) is 9.07. The zero-order valence-electron chi connectivity index (χ0n) is 17.9. The largest absolute Gasteiger partial charge is 0.489 e. The molecule has 4 heteroatoms. The fourth-order valence-electron chi connectivity index (χ4n) is 5.32. The first-order chi connectivity index (χ1) is 15.1. The Bertz CT molecular complexity index is 1120. The highest BCUT2D eigenvalue weighted by Gasteiger charge is 2.64. The lowest BCUT2D eigenvalue weighted by atomic mass is 9.90. The second-order valence-electron chi connectivity index (χ2n) is 9.07. The summed E-state index contributed by atoms with van der Waals surface area (Å²) in [6.07, 6.45) is 6.54. The van der Waals surface area contributed by atoms with Gasteiger partial charge in [-0.05, 0) is 70.3 Å². The zero-order chi connectivity index (χ0) is 21.3. The molecule has 0 saturated heterocycles. The van der Waals surface area contributed by atoms with Crippen molar-refractivity contribution in [3.05, 3.63) is 77.9 Å². The topological polar surface area (TPSA) is 50.7 Å². The first kappa shape index (κ1) is 19.8. The summed E-state index contributed by atoms with van der Waals surface area (Å²) in [6, 6.07) is 22.4. The van der Waals surface area contributed by atoms with E-state index in [1.807, 2.05) is 30.3 Å². The molecule has 5 rings (SSSR count). The number of rotatable bonds is 6. The van der Waals surface area contributed by atoms with Crippen molar-refractivity contribution in [3.63, 3.8) is 0 Å². The van der Waals surface area contributed by atoms with Crippen molar-refractivity contribution in [2.24, 2.45) is 22.4 Å². The molecule has 2 aliphatic rings. The third-order valence-electron chi connectivity index (χ3n) is 7.16. The Morgan fingerprint density at radius 2 is 1.90 bits per heavy atom. The third kappa shape index (κ3) is 3.95. The predicted molar refractivity (Wildman–Crippen MR) is 124 cm³/mol. The Morgan fingerprint density at radius 1 is 1.10 bits per heavy atom. The molecule has 2 saturated carbocycles. The molecule has 0 aromatic heterocycles. The summed E-state index contributed by atoms with van der Waals surface area (Å²) >= 11 is 0. The standard InChI is InChI=1S/C27H28N2O2/c1-27-16-5-4-11-24(27)25(27)26(30)29-28-17-19-12-14-22(15-13-19)31-18-21-9-6-8-20-7-2-3-10-23(20)21/h2-3,6-10,12-15,17,24-25H,4-5,11,16,18H2,1H3,(H,29,30)/b28-17-/t24-,25-,27+/m1/s1. The SMILES string of the molecule is C[C@]12CCCC[C@@H]1[C@@H]2C(=O)N/N=C\c1ccc(OCc2cccc3ccccc23)cc1. The molecule has 0 spiro atoms. The number of carbonyl (C=O) groups excluding carboxylic acids is 1. The average molecular weight is 413 g/mol. The summed E-state index contributed by atoms with van der Waals surface area (Å²) in [7, 11) is 0. The van der Waals surface area contributed by atoms with Gasteiger partial charge in [-0.1, -0.05) is 62.2 Å². The molecule has 3 aromatic rings. The minimum absolute atomic E-state index is 0.0701. The maximum atomic E-state index is 12.5. The maximum Gasteiger partial charge on any atom is 0.244 e. The van der Waals surface area contributed by atoms with Crippen molar-refractivity contribution in [2.45, 2.75) is 39.2 Å². The lowest BCUT2D eigenvalue weighted by Crippen LogP contribution is -2.22. The number of benzene rings is 3. The Hall–Kier alpha value is -3.14. The van der Waals surface area contributed by atoms with E-state index in [4.69, 9.17) is 4.74 Å². The van der Waals surface area contributed by atoms with Crippen molar-refractivity contribution >= 4 is 22.9 Å². The number of ether oxygens (including phenoxy) is 1. The fourth-order valence-corrected chi connectivity index (χ4v) is 5.32. The lowest BCUT2D eigenvalue weighted by molar-refractivity contribution is -0.123. The molecule has 0 bridgehead atoms. The van der Waals surface area contributed by atoms with Crippen LogP contribution in [0.25, 0.3) is 10.8 Å². The maximum absolute atomic E-state index is 12.5. The van der Waals surface area contributed by atoms with E-state index in [9.17, 15) is 4.79 Å². The van der Waals surface area contributed by atoms with Crippen molar-refractivity contribution in [1.82, 2.24) is 5.43 Å². The molecule has 1 N–H and O–H groups in total. The number of nitrogens with one attached hydrogen (secondary N) is 1. The van der Waals surface area contributed by atoms with Crippen molar-refractivity contribution in [3.8, 4) is 5.75 Å². The van der Waals surface area contributed by atoms with Gasteiger partial charge in [0.05, 0.1) is 6.21 Å². The Kier molecular flexibility index (Phi) is 5.23. The van der Waals surface area contributed by atoms with Gasteiger partial charge in [-0.2, -0.15) is 5.10 Å². The molecular weight excluding hydrogens is 384 g/mol. The van der Waals surface area contributed by atoms with Crippen molar-refractivity contribution in [1.29, 1.82) is 0 Å². The summed E-state index contributed by atoms with van der Waals surface area (Å²) < 4.78 is 5.99. The van der Waals surface area contributed by atoms with Crippen LogP contribution in [0.5, 0.6) is 5.75 Å². The van der Waals surface area contributed by atoms with Crippen LogP contribution in [0.15, 0.2) is 71.8 Å². The third-order valence-corrected chi connectivity index (χ3v) is 7.16. The van der Waals surface area contributed by atoms with Gasteiger partial charge in [0.15, 0.2) is 0 Å². The molecule has 3 atom stereocenters. The van der Waals surface area contributed by atoms with E-state index in [2.05, 4.69) is 53.8 Å². The summed E-state index contributed by atoms with van der Waals surface area (Å²) in [6.45, 7) is 2.77. The Labute approximate surface area is 183 Å². The molecule has 0 radical (unpaired) electrons. The first-order valence-corrected chi connectivity index (χ1v) is 11.2. The first-order valence-electron chi connectivity index (χ1n) is 11.2. The molecule has 1 amide bonds. The molecule has 4 nitrogen and oxygen atoms in total. The molecular formula is C27H28N2O2. The van der Waals surface area contributed by atoms with Crippen LogP contribution in [0.3, 0.4) is 0 Å². The monoisotopic (exact) mass is 412 g/mol. The Morgan fingerprint density at radius 3 is 2.71 bits per heavy atom. The van der Waals surface area contributed by atoms with Crippen molar-refractivity contribution < 1.29 is 9.53 Å². The minimum Gasteiger partial charge on any atom is -0.489 e. The van der Waals surface area contributed by atoms with Gasteiger partial charge >= 0.3 is 0 Å². The summed E-state index contributed by atoms with van der Waals surface area (Å²) in [5.74, 6) is 1.57. The molecule has 0 heterocycles. The van der Waals surface area contributed by atoms with Gasteiger partial charge in [0, 0.05) is 5.92 Å². The smallest absolute Gasteiger partial charge is 0.244 e. The quantitative estimate of drug-likeness (QED) is 0.417. The number of hydrazone groups is 1. The van der Waals surface area contributed by atoms with E-state index < -0.39 is 0 Å². The van der Waals surface area contributed by atoms with Gasteiger partial charge in [0.25, 0.3) is 0 Å². The van der Waals surface area contributed by atoms with Gasteiger partial charge < -0.3 is 4.74 Å². The number of nitrogens with zero attached hydrogens (tertiary/aromatic N) is 1. The van der Waals surface area contributed by atoms with E-state index in [0.29, 0.717) is 12.5 Å². The second kappa shape index (κ2) is 8.18. The van der Waals surface area contributed by atoms with Gasteiger partial charge in [-0.3, -0.25) is 4.79 Å². The van der Waals surface area contributed by atoms with Gasteiger partial charge in [-0.15, -0.1) is 0 Å². The molecule has 158 valence electrons. The summed E-state index contributed by atoms with van der Waals surface area (Å²) in [5, 5.41) is 6.62. The van der Waals surface area contributed by atoms with Crippen LogP contribution in [0.2, 0.25) is 0 Å². The molecule has 31 heavy (non-hydrogen) atoms. The average Bonchev–Trinajstić information content (AvgIpc) is 3.44. The molecule has 0 unspecified atom stereocenters. The van der Waals surface area contributed by atoms with E-state index in [0.717, 1.165) is 11.3 Å². The highest BCUT2D eigenvalue weighted by molar-refractivity contribution is 5.86. The predicted octanol–water partition coefficient (Wildman–Crippen LogP) is 5.70. The van der Waals surface area contributed by atoms with Crippen LogP contribution in [0.4, 0.5) is 0 Å². The molecule has 2 aliphatic carbocycles. The number of fused-ring (bicyclic) bond motifs is 2. The van der Waals surface area contributed by atoms with Crippen LogP contribution >= 0.6 is 0 Å². The van der Waals surface area contributed by atoms with Crippen LogP contribution in [0.1, 0.15) is 43.7 Å². The van der Waals surface area contributed by atoms with E-state index in [-0.39, 0.29) is 17.2 Å². The van der Waals surface area contributed by atoms with Crippen LogP contribution in [-0.2, 0) is 11.4 Å². The van der Waals surface area contributed by atoms with Gasteiger partial charge in [0.1, 0.15) is 12.4 Å². The van der Waals surface area contributed by atoms with E-state index >= 15 is 0 Å². The Balaban J connectivity index is 1.15. The van der Waals surface area contributed by atoms with E-state index in [1.165, 1.54) is 42.0 Å². The van der Waals surface area contributed by atoms with E-state index in [1.54, 1.807) is 6.21 Å². The highest BCUT2D eigenvalue weighted by atomic mass is 16.5. The number of amides is 1. The van der Waals surface area contributed by atoms with Crippen LogP contribution in [-0.4, -0.2) is 12.1 Å². The number of hydrogen-bond acceptors (Lipinski definition) is 3. The minimum atomic E-state index is 0.0701. The fraction of sp³-hybridized carbons (Fsp3) is 0.333. The van der Waals surface area contributed by atoms with Crippen molar-refractivity contribution in [2.75, 3.05) is 0 Å². The van der Waals surface area contributed by atoms with Gasteiger partial charge in [0.2, 0.25) is 5.91 Å². The van der Waals surface area contributed by atoms with Crippen LogP contribution < -0.4 is 10.2 Å². The number of hydrogen-bond donors (Lipinski definition) is 1. The number of carbonyl (C=O) groups is 1. The lowest BCUT2D eigenvalue weighted by Gasteiger charge is -2.15. The van der Waals surface area contributed by atoms with Crippen LogP contribution in [0, 0.1) is 17.3 Å². The summed E-state index contributed by atoms with van der Waals surface area (Å²) in [4.78, 5) is 12.5.